The van der Waals surface area contributed by atoms with Crippen LogP contribution in [0.25, 0.3) is 10.9 Å². The Morgan fingerprint density at radius 3 is 2.57 bits per heavy atom. The predicted molar refractivity (Wildman–Crippen MR) is 121 cm³/mol. The minimum absolute atomic E-state index is 0. The summed E-state index contributed by atoms with van der Waals surface area (Å²) in [4.78, 5) is 7.31. The number of methoxy groups -OCH3 is 1. The van der Waals surface area contributed by atoms with Crippen LogP contribution in [0.3, 0.4) is 0 Å². The molecule has 0 unspecified atom stereocenters. The zero-order chi connectivity index (χ0) is 18.1. The predicted octanol–water partition coefficient (Wildman–Crippen LogP) is 5.34. The molecule has 2 atom stereocenters. The summed E-state index contributed by atoms with van der Waals surface area (Å²) in [7, 11) is 6.06. The smallest absolute Gasteiger partial charge is 0.119 e. The van der Waals surface area contributed by atoms with Gasteiger partial charge in [-0.15, -0.1) is 24.8 Å². The molecule has 0 bridgehead atoms. The maximum atomic E-state index is 5.49. The van der Waals surface area contributed by atoms with Gasteiger partial charge in [0.15, 0.2) is 0 Å². The number of rotatable bonds is 4. The Kier molecular flexibility index (Phi) is 7.70. The first kappa shape index (κ1) is 22.5. The third kappa shape index (κ3) is 4.43. The summed E-state index contributed by atoms with van der Waals surface area (Å²) in [6.45, 7) is 1.08. The number of aromatic nitrogens is 1. The van der Waals surface area contributed by atoms with Crippen molar-refractivity contribution in [2.24, 2.45) is 5.92 Å². The molecule has 4 rings (SSSR count). The van der Waals surface area contributed by atoms with E-state index in [9.17, 15) is 0 Å². The van der Waals surface area contributed by atoms with Crippen molar-refractivity contribution < 1.29 is 4.74 Å². The summed E-state index contributed by atoms with van der Waals surface area (Å²) in [6, 6.07) is 19.4. The molecule has 5 heteroatoms. The van der Waals surface area contributed by atoms with Crippen LogP contribution in [0, 0.1) is 5.92 Å². The Hall–Kier alpha value is -1.81. The molecule has 0 N–H and O–H groups in total. The van der Waals surface area contributed by atoms with Crippen LogP contribution in [0.2, 0.25) is 0 Å². The molecular formula is C23H28Cl2N2O. The summed E-state index contributed by atoms with van der Waals surface area (Å²) in [5.41, 5.74) is 5.07. The van der Waals surface area contributed by atoms with E-state index < -0.39 is 0 Å². The van der Waals surface area contributed by atoms with Crippen LogP contribution in [-0.4, -0.2) is 37.6 Å². The van der Waals surface area contributed by atoms with Gasteiger partial charge in [0.05, 0.1) is 12.6 Å². The van der Waals surface area contributed by atoms with Crippen LogP contribution in [0.1, 0.15) is 29.2 Å². The lowest BCUT2D eigenvalue weighted by Crippen LogP contribution is -2.31. The molecular weight excluding hydrogens is 391 g/mol. The van der Waals surface area contributed by atoms with Crippen molar-refractivity contribution in [1.82, 2.24) is 9.88 Å². The average Bonchev–Trinajstić information content (AvgIpc) is 2.66. The van der Waals surface area contributed by atoms with Gasteiger partial charge in [-0.3, -0.25) is 4.98 Å². The van der Waals surface area contributed by atoms with Gasteiger partial charge in [0.2, 0.25) is 0 Å². The van der Waals surface area contributed by atoms with Gasteiger partial charge in [0.25, 0.3) is 0 Å². The van der Waals surface area contributed by atoms with Crippen molar-refractivity contribution in [3.05, 3.63) is 71.4 Å². The van der Waals surface area contributed by atoms with Crippen molar-refractivity contribution in [3.63, 3.8) is 0 Å². The molecule has 1 aliphatic rings. The quantitative estimate of drug-likeness (QED) is 0.571. The monoisotopic (exact) mass is 418 g/mol. The van der Waals surface area contributed by atoms with Gasteiger partial charge in [0.1, 0.15) is 5.75 Å². The standard InChI is InChI=1S/C23H26N2O.2ClH/c1-25(2)15-18-11-12-22-20(14-16-7-4-5-10-21(16)24-22)23(18)17-8-6-9-19(13-17)26-3;;/h4-10,13-14,18,23H,11-12,15H2,1-3H3;2*1H/t18-,23-;;/m0../s1. The third-order valence-corrected chi connectivity index (χ3v) is 5.45. The number of ether oxygens (including phenoxy) is 1. The highest BCUT2D eigenvalue weighted by Gasteiger charge is 2.32. The maximum absolute atomic E-state index is 5.49. The number of para-hydroxylation sites is 1. The molecule has 0 spiro atoms. The minimum Gasteiger partial charge on any atom is -0.497 e. The molecule has 28 heavy (non-hydrogen) atoms. The zero-order valence-corrected chi connectivity index (χ0v) is 18.2. The van der Waals surface area contributed by atoms with Gasteiger partial charge >= 0.3 is 0 Å². The lowest BCUT2D eigenvalue weighted by molar-refractivity contribution is 0.280. The second kappa shape index (κ2) is 9.60. The van der Waals surface area contributed by atoms with Crippen LogP contribution in [0.15, 0.2) is 54.6 Å². The van der Waals surface area contributed by atoms with Crippen LogP contribution < -0.4 is 4.74 Å². The van der Waals surface area contributed by atoms with Crippen molar-refractivity contribution in [1.29, 1.82) is 0 Å². The zero-order valence-electron chi connectivity index (χ0n) is 16.6. The lowest BCUT2D eigenvalue weighted by atomic mass is 9.73. The van der Waals surface area contributed by atoms with Gasteiger partial charge in [-0.2, -0.15) is 0 Å². The third-order valence-electron chi connectivity index (χ3n) is 5.45. The molecule has 0 radical (unpaired) electrons. The van der Waals surface area contributed by atoms with Gasteiger partial charge in [-0.1, -0.05) is 30.3 Å². The van der Waals surface area contributed by atoms with E-state index in [1.165, 1.54) is 28.6 Å². The molecule has 0 fully saturated rings. The largest absolute Gasteiger partial charge is 0.497 e. The summed E-state index contributed by atoms with van der Waals surface area (Å²) in [5.74, 6) is 1.85. The van der Waals surface area contributed by atoms with E-state index in [-0.39, 0.29) is 24.8 Å². The summed E-state index contributed by atoms with van der Waals surface area (Å²) in [5, 5.41) is 1.23. The van der Waals surface area contributed by atoms with Crippen LogP contribution in [0.5, 0.6) is 5.75 Å². The van der Waals surface area contributed by atoms with Crippen molar-refractivity contribution in [3.8, 4) is 5.75 Å². The molecule has 0 amide bonds. The number of pyridine rings is 1. The number of benzene rings is 2. The SMILES string of the molecule is COc1cccc([C@@H]2c3cc4ccccc4nc3CC[C@H]2CN(C)C)c1.Cl.Cl. The van der Waals surface area contributed by atoms with Crippen LogP contribution in [-0.2, 0) is 6.42 Å². The van der Waals surface area contributed by atoms with Crippen molar-refractivity contribution in [2.45, 2.75) is 18.8 Å². The Labute approximate surface area is 179 Å². The molecule has 3 aromatic rings. The number of aryl methyl sites for hydroxylation is 1. The minimum atomic E-state index is 0. The van der Waals surface area contributed by atoms with Gasteiger partial charge in [-0.05, 0) is 68.2 Å². The van der Waals surface area contributed by atoms with E-state index in [4.69, 9.17) is 9.72 Å². The number of hydrogen-bond donors (Lipinski definition) is 0. The van der Waals surface area contributed by atoms with E-state index in [0.29, 0.717) is 11.8 Å². The Morgan fingerprint density at radius 2 is 1.82 bits per heavy atom. The van der Waals surface area contributed by atoms with Crippen LogP contribution >= 0.6 is 24.8 Å². The summed E-state index contributed by atoms with van der Waals surface area (Å²) < 4.78 is 5.49. The maximum Gasteiger partial charge on any atom is 0.119 e. The van der Waals surface area contributed by atoms with E-state index >= 15 is 0 Å². The van der Waals surface area contributed by atoms with E-state index in [2.05, 4.69) is 67.5 Å². The van der Waals surface area contributed by atoms with E-state index in [1.54, 1.807) is 7.11 Å². The van der Waals surface area contributed by atoms with Crippen molar-refractivity contribution in [2.75, 3.05) is 27.7 Å². The first-order valence-electron chi connectivity index (χ1n) is 9.33. The Balaban J connectivity index is 0.00000140. The highest BCUT2D eigenvalue weighted by atomic mass is 35.5. The van der Waals surface area contributed by atoms with Gasteiger partial charge < -0.3 is 9.64 Å². The summed E-state index contributed by atoms with van der Waals surface area (Å²) in [6.07, 6.45) is 2.22. The fourth-order valence-corrected chi connectivity index (χ4v) is 4.34. The second-order valence-electron chi connectivity index (χ2n) is 7.53. The Bertz CT molecular complexity index is 929. The highest BCUT2D eigenvalue weighted by Crippen LogP contribution is 2.42. The number of hydrogen-bond acceptors (Lipinski definition) is 3. The molecule has 0 aliphatic heterocycles. The molecule has 0 saturated heterocycles. The normalized spacial score (nSPS) is 18.1. The molecule has 150 valence electrons. The first-order chi connectivity index (χ1) is 12.7. The lowest BCUT2D eigenvalue weighted by Gasteiger charge is -2.35. The van der Waals surface area contributed by atoms with E-state index in [0.717, 1.165) is 24.2 Å². The molecule has 2 aromatic carbocycles. The molecule has 1 aromatic heterocycles. The molecule has 3 nitrogen and oxygen atoms in total. The number of nitrogens with zero attached hydrogens (tertiary/aromatic N) is 2. The fraction of sp³-hybridized carbons (Fsp3) is 0.348. The van der Waals surface area contributed by atoms with Crippen LogP contribution in [0.4, 0.5) is 0 Å². The van der Waals surface area contributed by atoms with Gasteiger partial charge in [-0.25, -0.2) is 0 Å². The molecule has 0 saturated carbocycles. The highest BCUT2D eigenvalue weighted by molar-refractivity contribution is 5.85. The molecule has 1 aliphatic carbocycles. The van der Waals surface area contributed by atoms with Gasteiger partial charge in [0, 0.05) is 23.5 Å². The first-order valence-corrected chi connectivity index (χ1v) is 9.33. The number of halogens is 2. The average molecular weight is 419 g/mol. The fourth-order valence-electron chi connectivity index (χ4n) is 4.34. The Morgan fingerprint density at radius 1 is 1.04 bits per heavy atom. The van der Waals surface area contributed by atoms with Crippen molar-refractivity contribution >= 4 is 35.7 Å². The molecule has 1 heterocycles. The topological polar surface area (TPSA) is 25.4 Å². The number of fused-ring (bicyclic) bond motifs is 2. The van der Waals surface area contributed by atoms with E-state index in [1.807, 2.05) is 6.07 Å². The second-order valence-corrected chi connectivity index (χ2v) is 7.53. The summed E-state index contributed by atoms with van der Waals surface area (Å²) >= 11 is 0.